The Bertz CT molecular complexity index is 1040. The average molecular weight is 421 g/mol. The van der Waals surface area contributed by atoms with Gasteiger partial charge in [0.15, 0.2) is 11.5 Å². The molecule has 1 aliphatic rings. The lowest BCUT2D eigenvalue weighted by molar-refractivity contribution is -0.136. The standard InChI is InChI=1S/C25H27NO5/c1-6-31-21-13-12-18(15-22(21)29-4)14-20-23(25(28)30-5)17(3)26(24(20)27)16(2)19-10-8-7-9-11-19/h7-16H,6H2,1-5H3/b20-14-. The summed E-state index contributed by atoms with van der Waals surface area (Å²) in [5.41, 5.74) is 2.81. The third-order valence-electron chi connectivity index (χ3n) is 5.30. The zero-order chi connectivity index (χ0) is 22.5. The molecule has 0 spiro atoms. The predicted octanol–water partition coefficient (Wildman–Crippen LogP) is 4.53. The highest BCUT2D eigenvalue weighted by atomic mass is 16.5. The molecule has 1 unspecified atom stereocenters. The number of nitrogens with zero attached hydrogens (tertiary/aromatic N) is 1. The number of carbonyl (C=O) groups excluding carboxylic acids is 2. The van der Waals surface area contributed by atoms with Crippen LogP contribution >= 0.6 is 0 Å². The first-order valence-electron chi connectivity index (χ1n) is 10.1. The van der Waals surface area contributed by atoms with Crippen LogP contribution in [-0.2, 0) is 14.3 Å². The quantitative estimate of drug-likeness (QED) is 0.486. The molecule has 0 aliphatic carbocycles. The minimum absolute atomic E-state index is 0.242. The summed E-state index contributed by atoms with van der Waals surface area (Å²) < 4.78 is 16.0. The third kappa shape index (κ3) is 4.33. The van der Waals surface area contributed by atoms with E-state index in [0.29, 0.717) is 34.9 Å². The number of amides is 1. The summed E-state index contributed by atoms with van der Waals surface area (Å²) in [5, 5.41) is 0. The molecule has 6 nitrogen and oxygen atoms in total. The third-order valence-corrected chi connectivity index (χ3v) is 5.30. The maximum absolute atomic E-state index is 13.4. The highest BCUT2D eigenvalue weighted by Crippen LogP contribution is 2.38. The fourth-order valence-electron chi connectivity index (χ4n) is 3.76. The summed E-state index contributed by atoms with van der Waals surface area (Å²) in [6.45, 7) is 6.11. The average Bonchev–Trinajstić information content (AvgIpc) is 3.03. The van der Waals surface area contributed by atoms with Gasteiger partial charge in [0, 0.05) is 5.70 Å². The van der Waals surface area contributed by atoms with E-state index in [0.717, 1.165) is 5.56 Å². The molecule has 0 saturated carbocycles. The Labute approximate surface area is 182 Å². The first kappa shape index (κ1) is 22.2. The SMILES string of the molecule is CCOc1ccc(/C=C2\C(=O)N(C(C)c3ccccc3)C(C)=C2C(=O)OC)cc1OC. The van der Waals surface area contributed by atoms with Gasteiger partial charge in [0.05, 0.1) is 38.0 Å². The summed E-state index contributed by atoms with van der Waals surface area (Å²) in [4.78, 5) is 27.7. The van der Waals surface area contributed by atoms with Crippen LogP contribution in [0.4, 0.5) is 0 Å². The summed E-state index contributed by atoms with van der Waals surface area (Å²) in [6, 6.07) is 14.8. The molecule has 0 N–H and O–H groups in total. The number of esters is 1. The van der Waals surface area contributed by atoms with Crippen LogP contribution in [0.15, 0.2) is 65.4 Å². The molecule has 1 amide bonds. The van der Waals surface area contributed by atoms with E-state index in [1.54, 1.807) is 37.1 Å². The highest BCUT2D eigenvalue weighted by molar-refractivity contribution is 6.16. The molecule has 6 heteroatoms. The van der Waals surface area contributed by atoms with Crippen LogP contribution in [0.5, 0.6) is 11.5 Å². The molecule has 2 aromatic rings. The summed E-state index contributed by atoms with van der Waals surface area (Å²) in [7, 11) is 2.87. The monoisotopic (exact) mass is 421 g/mol. The fourth-order valence-corrected chi connectivity index (χ4v) is 3.76. The van der Waals surface area contributed by atoms with Gasteiger partial charge < -0.3 is 19.1 Å². The lowest BCUT2D eigenvalue weighted by Crippen LogP contribution is -2.28. The van der Waals surface area contributed by atoms with Crippen molar-refractivity contribution in [2.24, 2.45) is 0 Å². The molecule has 162 valence electrons. The van der Waals surface area contributed by atoms with Gasteiger partial charge in [-0.05, 0) is 50.1 Å². The van der Waals surface area contributed by atoms with Gasteiger partial charge in [-0.1, -0.05) is 36.4 Å². The second-order valence-corrected chi connectivity index (χ2v) is 7.12. The number of benzene rings is 2. The molecule has 0 aromatic heterocycles. The van der Waals surface area contributed by atoms with Gasteiger partial charge in [-0.15, -0.1) is 0 Å². The van der Waals surface area contributed by atoms with Crippen LogP contribution in [-0.4, -0.2) is 37.6 Å². The first-order chi connectivity index (χ1) is 14.9. The van der Waals surface area contributed by atoms with Crippen molar-refractivity contribution in [3.05, 3.63) is 76.5 Å². The molecular formula is C25H27NO5. The van der Waals surface area contributed by atoms with E-state index in [1.165, 1.54) is 7.11 Å². The largest absolute Gasteiger partial charge is 0.493 e. The Morgan fingerprint density at radius 3 is 2.42 bits per heavy atom. The highest BCUT2D eigenvalue weighted by Gasteiger charge is 2.39. The molecule has 3 rings (SSSR count). The van der Waals surface area contributed by atoms with Crippen molar-refractivity contribution >= 4 is 18.0 Å². The van der Waals surface area contributed by atoms with Gasteiger partial charge in [-0.3, -0.25) is 4.79 Å². The van der Waals surface area contributed by atoms with Crippen molar-refractivity contribution in [2.75, 3.05) is 20.8 Å². The molecule has 1 heterocycles. The first-order valence-corrected chi connectivity index (χ1v) is 10.1. The molecular weight excluding hydrogens is 394 g/mol. The van der Waals surface area contributed by atoms with Crippen molar-refractivity contribution in [3.8, 4) is 11.5 Å². The molecule has 0 fully saturated rings. The van der Waals surface area contributed by atoms with E-state index in [1.807, 2.05) is 50.2 Å². The molecule has 0 bridgehead atoms. The smallest absolute Gasteiger partial charge is 0.340 e. The van der Waals surface area contributed by atoms with Crippen molar-refractivity contribution in [2.45, 2.75) is 26.8 Å². The minimum Gasteiger partial charge on any atom is -0.493 e. The maximum Gasteiger partial charge on any atom is 0.340 e. The second kappa shape index (κ2) is 9.51. The van der Waals surface area contributed by atoms with E-state index in [-0.39, 0.29) is 17.5 Å². The Hall–Kier alpha value is -3.54. The van der Waals surface area contributed by atoms with Crippen molar-refractivity contribution < 1.29 is 23.8 Å². The van der Waals surface area contributed by atoms with E-state index in [4.69, 9.17) is 14.2 Å². The predicted molar refractivity (Wildman–Crippen MR) is 119 cm³/mol. The normalized spacial score (nSPS) is 16.0. The number of methoxy groups -OCH3 is 2. The van der Waals surface area contributed by atoms with Crippen LogP contribution in [0.3, 0.4) is 0 Å². The lowest BCUT2D eigenvalue weighted by atomic mass is 10.0. The number of allylic oxidation sites excluding steroid dienone is 1. The summed E-state index contributed by atoms with van der Waals surface area (Å²) in [6.07, 6.45) is 1.69. The fraction of sp³-hybridized carbons (Fsp3) is 0.280. The molecule has 0 saturated heterocycles. The van der Waals surface area contributed by atoms with Gasteiger partial charge in [0.1, 0.15) is 0 Å². The van der Waals surface area contributed by atoms with Crippen LogP contribution in [0.2, 0.25) is 0 Å². The lowest BCUT2D eigenvalue weighted by Gasteiger charge is -2.26. The van der Waals surface area contributed by atoms with Crippen molar-refractivity contribution in [1.29, 1.82) is 0 Å². The van der Waals surface area contributed by atoms with Crippen LogP contribution in [0.1, 0.15) is 37.9 Å². The van der Waals surface area contributed by atoms with Gasteiger partial charge in [-0.25, -0.2) is 4.79 Å². The summed E-state index contributed by atoms with van der Waals surface area (Å²) >= 11 is 0. The Kier molecular flexibility index (Phi) is 6.80. The Morgan fingerprint density at radius 1 is 1.10 bits per heavy atom. The van der Waals surface area contributed by atoms with Crippen LogP contribution < -0.4 is 9.47 Å². The van der Waals surface area contributed by atoms with Gasteiger partial charge >= 0.3 is 5.97 Å². The van der Waals surface area contributed by atoms with E-state index < -0.39 is 5.97 Å². The summed E-state index contributed by atoms with van der Waals surface area (Å²) in [5.74, 6) is 0.375. The van der Waals surface area contributed by atoms with Gasteiger partial charge in [0.2, 0.25) is 0 Å². The number of hydrogen-bond donors (Lipinski definition) is 0. The van der Waals surface area contributed by atoms with Gasteiger partial charge in [-0.2, -0.15) is 0 Å². The van der Waals surface area contributed by atoms with E-state index in [9.17, 15) is 9.59 Å². The van der Waals surface area contributed by atoms with E-state index in [2.05, 4.69) is 0 Å². The van der Waals surface area contributed by atoms with Crippen LogP contribution in [0, 0.1) is 0 Å². The van der Waals surface area contributed by atoms with Crippen molar-refractivity contribution in [1.82, 2.24) is 4.90 Å². The molecule has 0 radical (unpaired) electrons. The Balaban J connectivity index is 2.07. The second-order valence-electron chi connectivity index (χ2n) is 7.12. The van der Waals surface area contributed by atoms with E-state index >= 15 is 0 Å². The number of ether oxygens (including phenoxy) is 3. The molecule has 1 atom stereocenters. The molecule has 31 heavy (non-hydrogen) atoms. The number of carbonyl (C=O) groups is 2. The number of rotatable bonds is 7. The van der Waals surface area contributed by atoms with Crippen LogP contribution in [0.25, 0.3) is 6.08 Å². The molecule has 1 aliphatic heterocycles. The van der Waals surface area contributed by atoms with Crippen molar-refractivity contribution in [3.63, 3.8) is 0 Å². The zero-order valence-corrected chi connectivity index (χ0v) is 18.5. The zero-order valence-electron chi connectivity index (χ0n) is 18.5. The molecule has 2 aromatic carbocycles. The number of hydrogen-bond acceptors (Lipinski definition) is 5. The maximum atomic E-state index is 13.4. The topological polar surface area (TPSA) is 65.1 Å². The minimum atomic E-state index is -0.544. The van der Waals surface area contributed by atoms with Gasteiger partial charge in [0.25, 0.3) is 5.91 Å². The Morgan fingerprint density at radius 2 is 1.81 bits per heavy atom.